The van der Waals surface area contributed by atoms with Crippen LogP contribution in [0.25, 0.3) is 17.0 Å². The minimum absolute atomic E-state index is 0.0712. The summed E-state index contributed by atoms with van der Waals surface area (Å²) in [5, 5.41) is -1.11. The maximum atomic E-state index is 13.5. The van der Waals surface area contributed by atoms with Crippen LogP contribution in [0.3, 0.4) is 0 Å². The Hall–Kier alpha value is -4.20. The van der Waals surface area contributed by atoms with Crippen LogP contribution in [-0.4, -0.2) is 36.9 Å². The van der Waals surface area contributed by atoms with Crippen molar-refractivity contribution in [1.82, 2.24) is 15.4 Å². The van der Waals surface area contributed by atoms with Gasteiger partial charge in [-0.1, -0.05) is 6.58 Å². The van der Waals surface area contributed by atoms with Crippen LogP contribution < -0.4 is 15.0 Å². The molecule has 4 rings (SSSR count). The standard InChI is InChI=1S/C23H17F4N3O6S/c1-13(14-2-5-16(24)6-3-14)30-36-21(31)8-9-37(32,33)22-28-17(11-20(29-22)23(25,26)27)15-4-7-18-19(10-15)35-12-34-18/h2-7,10-11,30H,1,8-9,12H2. The van der Waals surface area contributed by atoms with E-state index in [1.54, 1.807) is 0 Å². The molecule has 2 heterocycles. The molecule has 14 heteroatoms. The van der Waals surface area contributed by atoms with Gasteiger partial charge in [-0.15, -0.1) is 0 Å². The van der Waals surface area contributed by atoms with Gasteiger partial charge in [-0.2, -0.15) is 13.2 Å². The van der Waals surface area contributed by atoms with Crippen molar-refractivity contribution < 1.29 is 45.1 Å². The Balaban J connectivity index is 1.49. The molecule has 0 unspecified atom stereocenters. The smallest absolute Gasteiger partial charge is 0.433 e. The fraction of sp³-hybridized carbons (Fsp3) is 0.174. The molecule has 37 heavy (non-hydrogen) atoms. The molecule has 0 spiro atoms. The third kappa shape index (κ3) is 6.14. The largest absolute Gasteiger partial charge is 0.454 e. The molecule has 0 bridgehead atoms. The lowest BCUT2D eigenvalue weighted by Gasteiger charge is -2.12. The van der Waals surface area contributed by atoms with E-state index in [1.807, 2.05) is 0 Å². The SMILES string of the molecule is C=C(NOC(=O)CCS(=O)(=O)c1nc(-c2ccc3c(c2)OCO3)cc(C(F)(F)F)n1)c1ccc(F)cc1. The number of aromatic nitrogens is 2. The second kappa shape index (κ2) is 10.0. The van der Waals surface area contributed by atoms with Crippen molar-refractivity contribution in [2.75, 3.05) is 12.5 Å². The molecule has 0 aliphatic carbocycles. The van der Waals surface area contributed by atoms with Crippen molar-refractivity contribution in [3.8, 4) is 22.8 Å². The predicted molar refractivity (Wildman–Crippen MR) is 120 cm³/mol. The Bertz CT molecular complexity index is 1460. The Kier molecular flexibility index (Phi) is 7.03. The minimum atomic E-state index is -4.97. The van der Waals surface area contributed by atoms with Crippen LogP contribution in [-0.2, 0) is 25.6 Å². The van der Waals surface area contributed by atoms with Gasteiger partial charge < -0.3 is 14.3 Å². The number of sulfone groups is 1. The van der Waals surface area contributed by atoms with Crippen LogP contribution in [0.1, 0.15) is 17.7 Å². The first-order valence-corrected chi connectivity index (χ1v) is 12.1. The second-order valence-electron chi connectivity index (χ2n) is 7.62. The summed E-state index contributed by atoms with van der Waals surface area (Å²) in [5.41, 5.74) is 1.04. The molecule has 0 atom stereocenters. The summed E-state index contributed by atoms with van der Waals surface area (Å²) in [5.74, 6) is -1.84. The van der Waals surface area contributed by atoms with Gasteiger partial charge in [0.05, 0.1) is 23.6 Å². The summed E-state index contributed by atoms with van der Waals surface area (Å²) >= 11 is 0. The molecule has 2 aromatic carbocycles. The van der Waals surface area contributed by atoms with Gasteiger partial charge in [0.2, 0.25) is 21.8 Å². The van der Waals surface area contributed by atoms with Crippen molar-refractivity contribution in [2.45, 2.75) is 17.8 Å². The highest BCUT2D eigenvalue weighted by atomic mass is 32.2. The number of alkyl halides is 3. The number of ether oxygens (including phenoxy) is 2. The van der Waals surface area contributed by atoms with Gasteiger partial charge in [0.1, 0.15) is 11.5 Å². The van der Waals surface area contributed by atoms with Crippen LogP contribution in [0, 0.1) is 5.82 Å². The molecule has 1 aliphatic heterocycles. The number of benzene rings is 2. The highest BCUT2D eigenvalue weighted by Crippen LogP contribution is 2.37. The number of carbonyl (C=O) groups excluding carboxylic acids is 1. The number of carbonyl (C=O) groups is 1. The Labute approximate surface area is 207 Å². The molecule has 0 radical (unpaired) electrons. The van der Waals surface area contributed by atoms with E-state index in [2.05, 4.69) is 22.0 Å². The fourth-order valence-electron chi connectivity index (χ4n) is 3.10. The summed E-state index contributed by atoms with van der Waals surface area (Å²) in [6, 6.07) is 9.85. The van der Waals surface area contributed by atoms with E-state index in [4.69, 9.17) is 14.3 Å². The van der Waals surface area contributed by atoms with Crippen LogP contribution in [0.5, 0.6) is 11.5 Å². The summed E-state index contributed by atoms with van der Waals surface area (Å²) in [6.07, 6.45) is -5.70. The predicted octanol–water partition coefficient (Wildman–Crippen LogP) is 3.91. The molecule has 0 fully saturated rings. The Morgan fingerprint density at radius 3 is 2.46 bits per heavy atom. The Morgan fingerprint density at radius 1 is 1.05 bits per heavy atom. The molecule has 1 aliphatic rings. The zero-order valence-electron chi connectivity index (χ0n) is 18.7. The van der Waals surface area contributed by atoms with Gasteiger partial charge in [0, 0.05) is 11.1 Å². The van der Waals surface area contributed by atoms with Crippen LogP contribution >= 0.6 is 0 Å². The molecule has 0 saturated heterocycles. The maximum Gasteiger partial charge on any atom is 0.433 e. The lowest BCUT2D eigenvalue weighted by Crippen LogP contribution is -2.22. The molecule has 0 amide bonds. The second-order valence-corrected chi connectivity index (χ2v) is 9.62. The third-order valence-corrected chi connectivity index (χ3v) is 6.48. The number of rotatable bonds is 8. The lowest BCUT2D eigenvalue weighted by atomic mass is 10.1. The molecule has 9 nitrogen and oxygen atoms in total. The van der Waals surface area contributed by atoms with Gasteiger partial charge in [0.25, 0.3) is 0 Å². The first-order chi connectivity index (χ1) is 17.4. The minimum Gasteiger partial charge on any atom is -0.454 e. The highest BCUT2D eigenvalue weighted by molar-refractivity contribution is 7.91. The van der Waals surface area contributed by atoms with E-state index in [0.717, 1.165) is 12.1 Å². The molecule has 0 saturated carbocycles. The van der Waals surface area contributed by atoms with Crippen molar-refractivity contribution >= 4 is 21.5 Å². The first-order valence-electron chi connectivity index (χ1n) is 10.4. The average Bonchev–Trinajstić information content (AvgIpc) is 3.34. The zero-order chi connectivity index (χ0) is 26.8. The van der Waals surface area contributed by atoms with Crippen molar-refractivity contribution in [2.24, 2.45) is 0 Å². The number of nitrogens with zero attached hydrogens (tertiary/aromatic N) is 2. The number of fused-ring (bicyclic) bond motifs is 1. The first kappa shape index (κ1) is 25.9. The van der Waals surface area contributed by atoms with Crippen LogP contribution in [0.4, 0.5) is 17.6 Å². The van der Waals surface area contributed by atoms with E-state index < -0.39 is 50.8 Å². The fourth-order valence-corrected chi connectivity index (χ4v) is 4.19. The van der Waals surface area contributed by atoms with Gasteiger partial charge in [-0.05, 0) is 48.5 Å². The number of hydrogen-bond acceptors (Lipinski definition) is 9. The summed E-state index contributed by atoms with van der Waals surface area (Å²) in [7, 11) is -4.55. The molecule has 194 valence electrons. The van der Waals surface area contributed by atoms with E-state index in [0.29, 0.717) is 17.4 Å². The molecular weight excluding hydrogens is 522 g/mol. The Morgan fingerprint density at radius 2 is 1.76 bits per heavy atom. The van der Waals surface area contributed by atoms with Gasteiger partial charge in [-0.25, -0.2) is 33.1 Å². The topological polar surface area (TPSA) is 117 Å². The summed E-state index contributed by atoms with van der Waals surface area (Å²) in [4.78, 5) is 23.8. The molecular formula is C23H17F4N3O6S. The molecule has 1 N–H and O–H groups in total. The molecule has 1 aromatic heterocycles. The third-order valence-electron chi connectivity index (χ3n) is 5.00. The maximum absolute atomic E-state index is 13.5. The van der Waals surface area contributed by atoms with E-state index >= 15 is 0 Å². The van der Waals surface area contributed by atoms with Gasteiger partial charge in [0.15, 0.2) is 11.5 Å². The van der Waals surface area contributed by atoms with Crippen LogP contribution in [0.2, 0.25) is 0 Å². The molecule has 3 aromatic rings. The van der Waals surface area contributed by atoms with Crippen molar-refractivity contribution in [3.05, 3.63) is 72.2 Å². The van der Waals surface area contributed by atoms with Crippen molar-refractivity contribution in [1.29, 1.82) is 0 Å². The average molecular weight is 539 g/mol. The number of hydroxylamine groups is 1. The van der Waals surface area contributed by atoms with Crippen LogP contribution in [0.15, 0.2) is 60.3 Å². The zero-order valence-corrected chi connectivity index (χ0v) is 19.5. The lowest BCUT2D eigenvalue weighted by molar-refractivity contribution is -0.147. The number of hydrogen-bond donors (Lipinski definition) is 1. The quantitative estimate of drug-likeness (QED) is 0.258. The van der Waals surface area contributed by atoms with Gasteiger partial charge >= 0.3 is 12.1 Å². The van der Waals surface area contributed by atoms with E-state index in [1.165, 1.54) is 30.3 Å². The highest BCUT2D eigenvalue weighted by Gasteiger charge is 2.35. The van der Waals surface area contributed by atoms with E-state index in [-0.39, 0.29) is 29.5 Å². The monoisotopic (exact) mass is 539 g/mol. The normalized spacial score (nSPS) is 12.8. The number of halogens is 4. The van der Waals surface area contributed by atoms with Gasteiger partial charge in [-0.3, -0.25) is 0 Å². The van der Waals surface area contributed by atoms with Crippen molar-refractivity contribution in [3.63, 3.8) is 0 Å². The number of nitrogens with one attached hydrogen (secondary N) is 1. The van der Waals surface area contributed by atoms with E-state index in [9.17, 15) is 30.8 Å². The summed E-state index contributed by atoms with van der Waals surface area (Å²) < 4.78 is 89.3. The summed E-state index contributed by atoms with van der Waals surface area (Å²) in [6.45, 7) is 3.53.